The zero-order chi connectivity index (χ0) is 11.6. The van der Waals surface area contributed by atoms with Gasteiger partial charge in [-0.3, -0.25) is 0 Å². The molecule has 0 saturated heterocycles. The number of carbonyl (C=O) groups excluding carboxylic acids is 1. The van der Waals surface area contributed by atoms with E-state index >= 15 is 0 Å². The first-order valence-corrected chi connectivity index (χ1v) is 3.85. The highest BCUT2D eigenvalue weighted by atomic mass is 19.4. The number of carbonyl (C=O) groups is 1. The van der Waals surface area contributed by atoms with Crippen molar-refractivity contribution in [3.05, 3.63) is 23.3 Å². The minimum absolute atomic E-state index is 0.114. The van der Waals surface area contributed by atoms with Crippen molar-refractivity contribution < 1.29 is 22.7 Å². The Morgan fingerprint density at radius 2 is 2.07 bits per heavy atom. The van der Waals surface area contributed by atoms with Crippen LogP contribution in [0.2, 0.25) is 0 Å². The van der Waals surface area contributed by atoms with E-state index < -0.39 is 17.8 Å². The van der Waals surface area contributed by atoms with E-state index in [1.807, 2.05) is 0 Å². The molecule has 4 nitrogen and oxygen atoms in total. The molecule has 15 heavy (non-hydrogen) atoms. The van der Waals surface area contributed by atoms with Gasteiger partial charge in [0.25, 0.3) is 0 Å². The maximum atomic E-state index is 12.2. The summed E-state index contributed by atoms with van der Waals surface area (Å²) in [6, 6.07) is 0. The molecule has 0 aliphatic heterocycles. The molecule has 1 aromatic rings. The van der Waals surface area contributed by atoms with E-state index in [-0.39, 0.29) is 11.4 Å². The Kier molecular flexibility index (Phi) is 2.92. The summed E-state index contributed by atoms with van der Waals surface area (Å²) < 4.78 is 40.8. The van der Waals surface area contributed by atoms with Crippen LogP contribution in [-0.2, 0) is 10.9 Å². The number of hydrogen-bond donors (Lipinski definition) is 0. The summed E-state index contributed by atoms with van der Waals surface area (Å²) in [5.41, 5.74) is -1.46. The number of hydrogen-bond acceptors (Lipinski definition) is 4. The third-order valence-corrected chi connectivity index (χ3v) is 1.62. The summed E-state index contributed by atoms with van der Waals surface area (Å²) in [6.45, 7) is 1.26. The van der Waals surface area contributed by atoms with Crippen molar-refractivity contribution in [2.45, 2.75) is 13.1 Å². The topological polar surface area (TPSA) is 52.1 Å². The number of ether oxygens (including phenoxy) is 1. The molecule has 0 aliphatic rings. The minimum atomic E-state index is -4.56. The number of aromatic nitrogens is 2. The van der Waals surface area contributed by atoms with E-state index in [9.17, 15) is 18.0 Å². The van der Waals surface area contributed by atoms with Crippen LogP contribution in [0.1, 0.15) is 21.9 Å². The van der Waals surface area contributed by atoms with Gasteiger partial charge >= 0.3 is 12.1 Å². The molecular formula is C8H7F3N2O2. The fraction of sp³-hybridized carbons (Fsp3) is 0.375. The molecule has 0 saturated carbocycles. The van der Waals surface area contributed by atoms with Crippen molar-refractivity contribution in [2.24, 2.45) is 0 Å². The lowest BCUT2D eigenvalue weighted by atomic mass is 10.3. The van der Waals surface area contributed by atoms with Crippen LogP contribution in [0.4, 0.5) is 13.2 Å². The fourth-order valence-corrected chi connectivity index (χ4v) is 0.915. The van der Waals surface area contributed by atoms with Crippen molar-refractivity contribution in [1.29, 1.82) is 0 Å². The summed E-state index contributed by atoms with van der Waals surface area (Å²) in [5.74, 6) is -0.811. The SMILES string of the molecule is COC(=O)c1ncc(C(F)(F)F)nc1C. The van der Waals surface area contributed by atoms with Gasteiger partial charge in [0.15, 0.2) is 11.4 Å². The van der Waals surface area contributed by atoms with E-state index in [0.717, 1.165) is 7.11 Å². The van der Waals surface area contributed by atoms with Crippen molar-refractivity contribution in [2.75, 3.05) is 7.11 Å². The van der Waals surface area contributed by atoms with Crippen LogP contribution < -0.4 is 0 Å². The summed E-state index contributed by atoms with van der Waals surface area (Å²) >= 11 is 0. The summed E-state index contributed by atoms with van der Waals surface area (Å²) in [7, 11) is 1.11. The molecule has 0 aromatic carbocycles. The first kappa shape index (κ1) is 11.4. The van der Waals surface area contributed by atoms with E-state index in [1.54, 1.807) is 0 Å². The lowest BCUT2D eigenvalue weighted by molar-refractivity contribution is -0.141. The molecule has 1 heterocycles. The predicted molar refractivity (Wildman–Crippen MR) is 43.1 cm³/mol. The van der Waals surface area contributed by atoms with Gasteiger partial charge in [-0.05, 0) is 6.92 Å². The van der Waals surface area contributed by atoms with E-state index in [0.29, 0.717) is 6.20 Å². The van der Waals surface area contributed by atoms with Gasteiger partial charge in [-0.2, -0.15) is 13.2 Å². The van der Waals surface area contributed by atoms with E-state index in [1.165, 1.54) is 6.92 Å². The average Bonchev–Trinajstić information content (AvgIpc) is 2.15. The minimum Gasteiger partial charge on any atom is -0.464 e. The van der Waals surface area contributed by atoms with Crippen LogP contribution in [0.3, 0.4) is 0 Å². The number of esters is 1. The molecule has 1 rings (SSSR count). The first-order chi connectivity index (χ1) is 6.86. The smallest absolute Gasteiger partial charge is 0.434 e. The van der Waals surface area contributed by atoms with Crippen molar-refractivity contribution in [3.63, 3.8) is 0 Å². The van der Waals surface area contributed by atoms with Gasteiger partial charge in [0.1, 0.15) is 0 Å². The van der Waals surface area contributed by atoms with Gasteiger partial charge in [-0.1, -0.05) is 0 Å². The Balaban J connectivity index is 3.15. The number of rotatable bonds is 1. The molecule has 0 radical (unpaired) electrons. The fourth-order valence-electron chi connectivity index (χ4n) is 0.915. The van der Waals surface area contributed by atoms with Crippen LogP contribution in [0.5, 0.6) is 0 Å². The molecule has 0 spiro atoms. The van der Waals surface area contributed by atoms with Crippen LogP contribution >= 0.6 is 0 Å². The second-order valence-corrected chi connectivity index (χ2v) is 2.68. The zero-order valence-corrected chi connectivity index (χ0v) is 7.92. The largest absolute Gasteiger partial charge is 0.464 e. The Labute approximate surface area is 83.1 Å². The van der Waals surface area contributed by atoms with Crippen LogP contribution in [0.25, 0.3) is 0 Å². The lowest BCUT2D eigenvalue weighted by Crippen LogP contribution is -2.14. The maximum Gasteiger partial charge on any atom is 0.434 e. The van der Waals surface area contributed by atoms with E-state index in [2.05, 4.69) is 14.7 Å². The molecule has 0 bridgehead atoms. The van der Waals surface area contributed by atoms with Gasteiger partial charge in [0.2, 0.25) is 0 Å². The zero-order valence-electron chi connectivity index (χ0n) is 7.92. The molecule has 0 unspecified atom stereocenters. The first-order valence-electron chi connectivity index (χ1n) is 3.85. The van der Waals surface area contributed by atoms with Gasteiger partial charge < -0.3 is 4.74 Å². The summed E-state index contributed by atoms with van der Waals surface area (Å²) in [6.07, 6.45) is -4.06. The van der Waals surface area contributed by atoms with E-state index in [4.69, 9.17) is 0 Å². The number of alkyl halides is 3. The lowest BCUT2D eigenvalue weighted by Gasteiger charge is -2.07. The number of aryl methyl sites for hydroxylation is 1. The third kappa shape index (κ3) is 2.42. The standard InChI is InChI=1S/C8H7F3N2O2/c1-4-6(7(14)15-2)12-3-5(13-4)8(9,10)11/h3H,1-2H3. The highest BCUT2D eigenvalue weighted by Crippen LogP contribution is 2.27. The third-order valence-electron chi connectivity index (χ3n) is 1.62. The predicted octanol–water partition coefficient (Wildman–Crippen LogP) is 1.59. The average molecular weight is 220 g/mol. The van der Waals surface area contributed by atoms with Crippen molar-refractivity contribution >= 4 is 5.97 Å². The number of halogens is 3. The number of nitrogens with zero attached hydrogens (tertiary/aromatic N) is 2. The monoisotopic (exact) mass is 220 g/mol. The molecule has 0 aliphatic carbocycles. The molecule has 0 atom stereocenters. The highest BCUT2D eigenvalue weighted by molar-refractivity contribution is 5.88. The molecular weight excluding hydrogens is 213 g/mol. The Morgan fingerprint density at radius 3 is 2.47 bits per heavy atom. The quantitative estimate of drug-likeness (QED) is 0.674. The summed E-state index contributed by atoms with van der Waals surface area (Å²) in [4.78, 5) is 17.6. The van der Waals surface area contributed by atoms with Crippen LogP contribution in [0.15, 0.2) is 6.20 Å². The molecule has 0 amide bonds. The Bertz CT molecular complexity index is 390. The molecule has 7 heteroatoms. The van der Waals surface area contributed by atoms with Crippen LogP contribution in [-0.4, -0.2) is 23.0 Å². The second-order valence-electron chi connectivity index (χ2n) is 2.68. The van der Waals surface area contributed by atoms with Crippen LogP contribution in [0, 0.1) is 6.92 Å². The van der Waals surface area contributed by atoms with Gasteiger partial charge in [0.05, 0.1) is 19.0 Å². The van der Waals surface area contributed by atoms with Gasteiger partial charge in [-0.25, -0.2) is 14.8 Å². The molecule has 82 valence electrons. The summed E-state index contributed by atoms with van der Waals surface area (Å²) in [5, 5.41) is 0. The second kappa shape index (κ2) is 3.84. The highest BCUT2D eigenvalue weighted by Gasteiger charge is 2.33. The number of methoxy groups -OCH3 is 1. The normalized spacial score (nSPS) is 11.3. The molecule has 1 aromatic heterocycles. The maximum absolute atomic E-state index is 12.2. The molecule has 0 N–H and O–H groups in total. The van der Waals surface area contributed by atoms with Crippen molar-refractivity contribution in [1.82, 2.24) is 9.97 Å². The molecule has 0 fully saturated rings. The Hall–Kier alpha value is -1.66. The van der Waals surface area contributed by atoms with Gasteiger partial charge in [-0.15, -0.1) is 0 Å². The Morgan fingerprint density at radius 1 is 1.47 bits per heavy atom. The van der Waals surface area contributed by atoms with Gasteiger partial charge in [0, 0.05) is 0 Å². The van der Waals surface area contributed by atoms with Crippen molar-refractivity contribution in [3.8, 4) is 0 Å².